The summed E-state index contributed by atoms with van der Waals surface area (Å²) in [5.74, 6) is 51.7. The molecule has 412 valence electrons. The third kappa shape index (κ3) is 19.0. The van der Waals surface area contributed by atoms with Gasteiger partial charge in [0.05, 0.1) is 28.3 Å². The van der Waals surface area contributed by atoms with Crippen molar-refractivity contribution < 1.29 is 32.2 Å². The fraction of sp³-hybridized carbons (Fsp3) is 0.274. The highest BCUT2D eigenvalue weighted by Gasteiger charge is 2.45. The number of hydrogen-bond acceptors (Lipinski definition) is 7. The predicted molar refractivity (Wildman–Crippen MR) is 337 cm³/mol. The molecule has 0 bridgehead atoms. The minimum absolute atomic E-state index is 0.136. The highest BCUT2D eigenvalue weighted by Crippen LogP contribution is 2.49. The monoisotopic (exact) mass is 1130 g/mol. The molecule has 4 aromatic rings. The molecule has 0 unspecified atom stereocenters. The molecular weight excluding hydrogens is 1060 g/mol. The van der Waals surface area contributed by atoms with Crippen LogP contribution in [0.2, 0.25) is 0 Å². The van der Waals surface area contributed by atoms with Crippen molar-refractivity contribution in [2.75, 3.05) is 11.4 Å². The van der Waals surface area contributed by atoms with Gasteiger partial charge in [-0.25, -0.2) is 5.26 Å². The molecule has 0 saturated heterocycles. The largest absolute Gasteiger partial charge is 0.344 e. The molecule has 0 radical (unpaired) electrons. The second-order valence-electron chi connectivity index (χ2n) is 20.2. The Balaban J connectivity index is 1.26. The van der Waals surface area contributed by atoms with Crippen molar-refractivity contribution in [3.05, 3.63) is 132 Å². The predicted octanol–water partition coefficient (Wildman–Crippen LogP) is 14.2. The van der Waals surface area contributed by atoms with Crippen LogP contribution in [0.5, 0.6) is 0 Å². The van der Waals surface area contributed by atoms with Crippen LogP contribution in [0.4, 0.5) is 11.4 Å². The normalized spacial score (nSPS) is 13.2. The zero-order valence-electron chi connectivity index (χ0n) is 47.5. The molecule has 0 fully saturated rings. The van der Waals surface area contributed by atoms with Crippen molar-refractivity contribution in [2.24, 2.45) is 0 Å². The summed E-state index contributed by atoms with van der Waals surface area (Å²) in [5, 5.41) is 12.4. The van der Waals surface area contributed by atoms with E-state index in [-0.39, 0.29) is 10.3 Å². The van der Waals surface area contributed by atoms with E-state index in [9.17, 15) is 13.0 Å². The van der Waals surface area contributed by atoms with Gasteiger partial charge in [0.25, 0.3) is 10.1 Å². The van der Waals surface area contributed by atoms with Crippen molar-refractivity contribution in [3.63, 3.8) is 0 Å². The van der Waals surface area contributed by atoms with Crippen LogP contribution < -0.4 is 4.90 Å². The van der Waals surface area contributed by atoms with E-state index in [0.717, 1.165) is 81.2 Å². The molecular formula is C73H63N2O6S2+. The standard InChI is InChI=1S/C73H62N2O6S2/c1-7-9-11-13-15-17-19-21-22-23-24-25-26-27-28-30-32-34-36-40-56-74-68-58-62(60-44-50-64(51-45-60)82-81-80-76)48-54-66(68)72(3,4)70(74)42-38-37-39-43-71-73(5,6)67-55-49-63(61-46-52-65(53-47-61)83(77,78)79)59-69(67)75(71)57-41-35-33-31-29-20-18-16-14-12-10-8-2/h1,37-39,42-55,58-59H,8,10,12,14,16,18,20,29,31,33,35,41,57H2,2-6H3,(H-,76,77,78,79)/p+1. The van der Waals surface area contributed by atoms with Crippen LogP contribution in [-0.4, -0.2) is 35.1 Å². The molecule has 8 nitrogen and oxygen atoms in total. The Labute approximate surface area is 497 Å². The molecule has 2 aliphatic rings. The van der Waals surface area contributed by atoms with Gasteiger partial charge in [0.1, 0.15) is 0 Å². The fourth-order valence-electron chi connectivity index (χ4n) is 9.68. The highest BCUT2D eigenvalue weighted by atomic mass is 32.2. The minimum Gasteiger partial charge on any atom is -0.344 e. The Morgan fingerprint density at radius 1 is 0.566 bits per heavy atom. The number of allylic oxidation sites excluding steroid dienone is 6. The average molecular weight is 1130 g/mol. The zero-order valence-corrected chi connectivity index (χ0v) is 49.1. The average Bonchev–Trinajstić information content (AvgIpc) is 3.75. The van der Waals surface area contributed by atoms with Gasteiger partial charge in [0, 0.05) is 111 Å². The second kappa shape index (κ2) is 33.0. The van der Waals surface area contributed by atoms with Gasteiger partial charge in [-0.15, -0.1) is 15.3 Å². The topological polar surface area (TPSA) is 99.3 Å². The quantitative estimate of drug-likeness (QED) is 0.0117. The third-order valence-electron chi connectivity index (χ3n) is 13.9. The number of benzene rings is 4. The Morgan fingerprint density at radius 3 is 1.55 bits per heavy atom. The molecule has 0 spiro atoms. The van der Waals surface area contributed by atoms with Crippen molar-refractivity contribution in [1.29, 1.82) is 0 Å². The van der Waals surface area contributed by atoms with Gasteiger partial charge >= 0.3 is 0 Å². The van der Waals surface area contributed by atoms with Gasteiger partial charge in [-0.2, -0.15) is 8.42 Å². The summed E-state index contributed by atoms with van der Waals surface area (Å²) in [6.07, 6.45) is 30.8. The van der Waals surface area contributed by atoms with E-state index in [1.165, 1.54) is 87.6 Å². The molecule has 83 heavy (non-hydrogen) atoms. The van der Waals surface area contributed by atoms with Gasteiger partial charge < -0.3 is 4.90 Å². The number of nitrogens with zero attached hydrogens (tertiary/aromatic N) is 2. The molecule has 6 rings (SSSR count). The summed E-state index contributed by atoms with van der Waals surface area (Å²) in [6, 6.07) is 30.2. The number of terminal acetylenes is 1. The van der Waals surface area contributed by atoms with Crippen LogP contribution in [-0.2, 0) is 30.3 Å². The first kappa shape index (κ1) is 63.1. The maximum atomic E-state index is 11.8. The molecule has 0 aromatic heterocycles. The van der Waals surface area contributed by atoms with Gasteiger partial charge in [-0.3, -0.25) is 4.55 Å². The summed E-state index contributed by atoms with van der Waals surface area (Å²) in [7, 11) is -4.31. The molecule has 0 atom stereocenters. The molecule has 10 heteroatoms. The first-order valence-electron chi connectivity index (χ1n) is 27.4. The molecule has 2 N–H and O–H groups in total. The van der Waals surface area contributed by atoms with E-state index in [4.69, 9.17) is 11.7 Å². The summed E-state index contributed by atoms with van der Waals surface area (Å²) < 4.78 is 39.9. The van der Waals surface area contributed by atoms with Crippen molar-refractivity contribution >= 4 is 39.2 Å². The van der Waals surface area contributed by atoms with Crippen LogP contribution in [0, 0.1) is 131 Å². The molecule has 4 aromatic carbocycles. The lowest BCUT2D eigenvalue weighted by Crippen LogP contribution is -2.27. The van der Waals surface area contributed by atoms with Gasteiger partial charge in [0.15, 0.2) is 0 Å². The van der Waals surface area contributed by atoms with E-state index in [1.54, 1.807) is 12.1 Å². The van der Waals surface area contributed by atoms with Crippen LogP contribution in [0.1, 0.15) is 123 Å². The van der Waals surface area contributed by atoms with E-state index >= 15 is 0 Å². The van der Waals surface area contributed by atoms with E-state index in [1.807, 2.05) is 34.9 Å². The minimum atomic E-state index is -4.31. The van der Waals surface area contributed by atoms with Gasteiger partial charge in [-0.1, -0.05) is 163 Å². The maximum Gasteiger partial charge on any atom is 0.294 e. The van der Waals surface area contributed by atoms with E-state index in [0.29, 0.717) is 0 Å². The summed E-state index contributed by atoms with van der Waals surface area (Å²) >= 11 is 0.897. The molecule has 0 saturated carbocycles. The molecule has 0 aliphatic carbocycles. The Morgan fingerprint density at radius 2 is 1.04 bits per heavy atom. The fourth-order valence-corrected chi connectivity index (χ4v) is 10.5. The highest BCUT2D eigenvalue weighted by molar-refractivity contribution is 7.94. The lowest BCUT2D eigenvalue weighted by molar-refractivity contribution is -0.432. The third-order valence-corrected chi connectivity index (χ3v) is 15.3. The maximum absolute atomic E-state index is 11.8. The summed E-state index contributed by atoms with van der Waals surface area (Å²) in [6.45, 7) is 12.0. The van der Waals surface area contributed by atoms with Gasteiger partial charge in [-0.05, 0) is 132 Å². The van der Waals surface area contributed by atoms with E-state index in [2.05, 4.69) is 234 Å². The number of rotatable bonds is 22. The van der Waals surface area contributed by atoms with Crippen LogP contribution >= 0.6 is 12.0 Å². The smallest absolute Gasteiger partial charge is 0.294 e. The number of anilines is 1. The lowest BCUT2D eigenvalue weighted by atomic mass is 9.81. The molecule has 2 heterocycles. The van der Waals surface area contributed by atoms with E-state index < -0.39 is 15.5 Å². The number of unbranched alkanes of at least 4 members (excludes halogenated alkanes) is 11. The Hall–Kier alpha value is -9.13. The van der Waals surface area contributed by atoms with Crippen LogP contribution in [0.15, 0.2) is 131 Å². The van der Waals surface area contributed by atoms with Gasteiger partial charge in [0.2, 0.25) is 17.4 Å². The summed E-state index contributed by atoms with van der Waals surface area (Å²) in [5.41, 5.74) is 9.53. The lowest BCUT2D eigenvalue weighted by Gasteiger charge is -2.27. The van der Waals surface area contributed by atoms with Crippen molar-refractivity contribution in [1.82, 2.24) is 0 Å². The SMILES string of the molecule is C#CC#CC#CC#CC#CC#CC#CC#CC#CC#CC#C[N+]1=C(C=CC=CC=C2N(CCCCCCCCCCCCCC)c3cc(-c4ccc(S(=O)(=O)O)cc4)ccc3C2(C)C)C(C)(C)c2ccc(-c3ccc(SOOO)cc3)cc21. The second-order valence-corrected chi connectivity index (χ2v) is 22.3. The molecule has 0 amide bonds. The van der Waals surface area contributed by atoms with Crippen LogP contribution in [0.25, 0.3) is 22.3 Å². The Bertz CT molecular complexity index is 3990. The number of hydrogen-bond donors (Lipinski definition) is 2. The first-order valence-corrected chi connectivity index (χ1v) is 29.6. The summed E-state index contributed by atoms with van der Waals surface area (Å²) in [4.78, 5) is 3.07. The van der Waals surface area contributed by atoms with Crippen molar-refractivity contribution in [2.45, 2.75) is 132 Å². The van der Waals surface area contributed by atoms with Crippen molar-refractivity contribution in [3.8, 4) is 153 Å². The van der Waals surface area contributed by atoms with Crippen LogP contribution in [0.3, 0.4) is 0 Å². The molecule has 2 aliphatic heterocycles. The Kier molecular flexibility index (Phi) is 25.0. The first-order chi connectivity index (χ1) is 40.3. The zero-order chi connectivity index (χ0) is 59.2. The number of fused-ring (bicyclic) bond motifs is 2.